The summed E-state index contributed by atoms with van der Waals surface area (Å²) < 4.78 is 5.52. The number of anilines is 1. The Hall–Kier alpha value is -2.22. The number of carbonyl (C=O) groups excluding carboxylic acids is 2. The van der Waals surface area contributed by atoms with E-state index in [0.29, 0.717) is 19.7 Å². The molecule has 2 amide bonds. The molecule has 0 spiro atoms. The van der Waals surface area contributed by atoms with Gasteiger partial charge in [-0.2, -0.15) is 0 Å². The van der Waals surface area contributed by atoms with Crippen molar-refractivity contribution in [3.63, 3.8) is 0 Å². The molecule has 0 N–H and O–H groups in total. The smallest absolute Gasteiger partial charge is 0.251 e. The monoisotopic (exact) mass is 401 g/mol. The minimum atomic E-state index is -0.260. The van der Waals surface area contributed by atoms with Gasteiger partial charge in [0.05, 0.1) is 0 Å². The number of amides is 2. The summed E-state index contributed by atoms with van der Waals surface area (Å²) in [5, 5.41) is 0. The highest BCUT2D eigenvalue weighted by molar-refractivity contribution is 5.82. The molecule has 0 unspecified atom stereocenters. The fourth-order valence-electron chi connectivity index (χ4n) is 4.56. The molecule has 0 radical (unpaired) electrons. The molecule has 3 aliphatic rings. The Labute approximate surface area is 172 Å². The number of likely N-dealkylation sites (tertiary alicyclic amines) is 1. The van der Waals surface area contributed by atoms with E-state index in [-0.39, 0.29) is 23.8 Å². The third kappa shape index (κ3) is 4.22. The van der Waals surface area contributed by atoms with Crippen LogP contribution in [0.2, 0.25) is 0 Å². The number of aryl methyl sites for hydroxylation is 1. The number of aromatic nitrogens is 2. The summed E-state index contributed by atoms with van der Waals surface area (Å²) in [6, 6.07) is 0. The first kappa shape index (κ1) is 20.1. The van der Waals surface area contributed by atoms with Gasteiger partial charge in [-0.1, -0.05) is 0 Å². The van der Waals surface area contributed by atoms with Gasteiger partial charge in [0.1, 0.15) is 18.2 Å². The number of hydrogen-bond acceptors (Lipinski definition) is 6. The number of piperazine rings is 1. The number of nitrogens with zero attached hydrogens (tertiary/aromatic N) is 5. The number of hydrogen-bond donors (Lipinski definition) is 0. The zero-order valence-electron chi connectivity index (χ0n) is 17.5. The van der Waals surface area contributed by atoms with Crippen molar-refractivity contribution in [2.24, 2.45) is 5.92 Å². The molecular weight excluding hydrogens is 370 g/mol. The van der Waals surface area contributed by atoms with Crippen LogP contribution < -0.4 is 4.90 Å². The number of ether oxygens (including phenoxy) is 1. The molecule has 29 heavy (non-hydrogen) atoms. The van der Waals surface area contributed by atoms with Gasteiger partial charge < -0.3 is 19.4 Å². The Morgan fingerprint density at radius 3 is 2.28 bits per heavy atom. The van der Waals surface area contributed by atoms with Gasteiger partial charge in [0.25, 0.3) is 5.91 Å². The summed E-state index contributed by atoms with van der Waals surface area (Å²) in [6.07, 6.45) is 4.65. The van der Waals surface area contributed by atoms with Crippen LogP contribution in [-0.2, 0) is 14.3 Å². The van der Waals surface area contributed by atoms with Crippen molar-refractivity contribution in [3.05, 3.63) is 17.6 Å². The minimum absolute atomic E-state index is 0.0260. The maximum Gasteiger partial charge on any atom is 0.251 e. The normalized spacial score (nSPS) is 23.5. The molecule has 158 valence electrons. The molecule has 1 atom stereocenters. The van der Waals surface area contributed by atoms with E-state index < -0.39 is 0 Å². The lowest BCUT2D eigenvalue weighted by Crippen LogP contribution is -2.52. The van der Waals surface area contributed by atoms with Crippen LogP contribution in [-0.4, -0.2) is 83.6 Å². The first-order valence-corrected chi connectivity index (χ1v) is 10.8. The summed E-state index contributed by atoms with van der Waals surface area (Å²) in [7, 11) is 0. The fourth-order valence-corrected chi connectivity index (χ4v) is 4.56. The summed E-state index contributed by atoms with van der Waals surface area (Å²) in [6.45, 7) is 9.07. The Kier molecular flexibility index (Phi) is 5.99. The third-order valence-electron chi connectivity index (χ3n) is 6.56. The van der Waals surface area contributed by atoms with Crippen molar-refractivity contribution in [1.82, 2.24) is 19.8 Å². The number of carbonyl (C=O) groups is 2. The van der Waals surface area contributed by atoms with E-state index in [4.69, 9.17) is 4.74 Å². The van der Waals surface area contributed by atoms with Gasteiger partial charge in [-0.25, -0.2) is 9.97 Å². The van der Waals surface area contributed by atoms with Gasteiger partial charge in [0, 0.05) is 63.1 Å². The molecule has 0 bridgehead atoms. The summed E-state index contributed by atoms with van der Waals surface area (Å²) in [4.78, 5) is 40.3. The van der Waals surface area contributed by atoms with E-state index in [2.05, 4.69) is 14.9 Å². The van der Waals surface area contributed by atoms with Gasteiger partial charge in [-0.3, -0.25) is 9.59 Å². The van der Waals surface area contributed by atoms with Crippen LogP contribution in [0.15, 0.2) is 6.33 Å². The van der Waals surface area contributed by atoms with Crippen molar-refractivity contribution in [1.29, 1.82) is 0 Å². The van der Waals surface area contributed by atoms with Crippen molar-refractivity contribution < 1.29 is 14.3 Å². The third-order valence-corrected chi connectivity index (χ3v) is 6.56. The van der Waals surface area contributed by atoms with Crippen LogP contribution >= 0.6 is 0 Å². The fraction of sp³-hybridized carbons (Fsp3) is 0.714. The molecule has 8 nitrogen and oxygen atoms in total. The topological polar surface area (TPSA) is 78.9 Å². The minimum Gasteiger partial charge on any atom is -0.368 e. The molecule has 3 fully saturated rings. The molecule has 3 aliphatic heterocycles. The Morgan fingerprint density at radius 2 is 1.62 bits per heavy atom. The van der Waals surface area contributed by atoms with E-state index in [1.165, 1.54) is 0 Å². The predicted octanol–water partition coefficient (Wildman–Crippen LogP) is 1.16. The second-order valence-corrected chi connectivity index (χ2v) is 8.32. The van der Waals surface area contributed by atoms with Gasteiger partial charge in [0.15, 0.2) is 0 Å². The Balaban J connectivity index is 1.27. The lowest BCUT2D eigenvalue weighted by atomic mass is 9.94. The lowest BCUT2D eigenvalue weighted by Gasteiger charge is -2.39. The molecule has 8 heteroatoms. The Bertz CT molecular complexity index is 749. The van der Waals surface area contributed by atoms with Crippen LogP contribution in [0.5, 0.6) is 0 Å². The molecule has 4 heterocycles. The SMILES string of the molecule is Cc1ncnc(N2CCN(C(=O)C3CCN(C(=O)[C@@H]4CCCO4)CC3)CC2)c1C. The van der Waals surface area contributed by atoms with Gasteiger partial charge in [-0.15, -0.1) is 0 Å². The summed E-state index contributed by atoms with van der Waals surface area (Å²) in [5.41, 5.74) is 2.10. The van der Waals surface area contributed by atoms with Crippen LogP contribution in [0.3, 0.4) is 0 Å². The Morgan fingerprint density at radius 1 is 0.931 bits per heavy atom. The molecule has 0 aromatic carbocycles. The standard InChI is InChI=1S/C21H31N5O3/c1-15-16(2)22-14-23-19(15)24-9-11-26(12-10-24)20(27)17-5-7-25(8-6-17)21(28)18-4-3-13-29-18/h14,17-18H,3-13H2,1-2H3/t18-/m0/s1. The van der Waals surface area contributed by atoms with Gasteiger partial charge >= 0.3 is 0 Å². The average molecular weight is 402 g/mol. The number of rotatable bonds is 3. The number of piperidine rings is 1. The first-order valence-electron chi connectivity index (χ1n) is 10.8. The van der Waals surface area contributed by atoms with Crippen LogP contribution in [0.25, 0.3) is 0 Å². The van der Waals surface area contributed by atoms with Crippen LogP contribution in [0, 0.1) is 19.8 Å². The van der Waals surface area contributed by atoms with Crippen molar-refractivity contribution in [2.75, 3.05) is 50.8 Å². The van der Waals surface area contributed by atoms with Gasteiger partial charge in [-0.05, 0) is 39.5 Å². The molecule has 1 aromatic rings. The zero-order chi connectivity index (χ0) is 20.4. The molecule has 0 aliphatic carbocycles. The second kappa shape index (κ2) is 8.65. The van der Waals surface area contributed by atoms with E-state index in [0.717, 1.165) is 68.9 Å². The van der Waals surface area contributed by atoms with Gasteiger partial charge in [0.2, 0.25) is 5.91 Å². The van der Waals surface area contributed by atoms with Crippen molar-refractivity contribution in [3.8, 4) is 0 Å². The van der Waals surface area contributed by atoms with E-state index in [1.807, 2.05) is 23.6 Å². The zero-order valence-corrected chi connectivity index (χ0v) is 17.5. The maximum absolute atomic E-state index is 13.0. The highest BCUT2D eigenvalue weighted by atomic mass is 16.5. The van der Waals surface area contributed by atoms with Crippen molar-refractivity contribution >= 4 is 17.6 Å². The highest BCUT2D eigenvalue weighted by Gasteiger charge is 2.35. The van der Waals surface area contributed by atoms with E-state index >= 15 is 0 Å². The molecule has 3 saturated heterocycles. The summed E-state index contributed by atoms with van der Waals surface area (Å²) in [5.74, 6) is 1.35. The summed E-state index contributed by atoms with van der Waals surface area (Å²) >= 11 is 0. The molecule has 4 rings (SSSR count). The van der Waals surface area contributed by atoms with E-state index in [1.54, 1.807) is 6.33 Å². The van der Waals surface area contributed by atoms with Crippen LogP contribution in [0.1, 0.15) is 36.9 Å². The predicted molar refractivity (Wildman–Crippen MR) is 109 cm³/mol. The quantitative estimate of drug-likeness (QED) is 0.756. The molecule has 0 saturated carbocycles. The second-order valence-electron chi connectivity index (χ2n) is 8.32. The lowest BCUT2D eigenvalue weighted by molar-refractivity contribution is -0.146. The van der Waals surface area contributed by atoms with Crippen molar-refractivity contribution in [2.45, 2.75) is 45.6 Å². The van der Waals surface area contributed by atoms with Crippen LogP contribution in [0.4, 0.5) is 5.82 Å². The maximum atomic E-state index is 13.0. The first-order chi connectivity index (χ1) is 14.0. The van der Waals surface area contributed by atoms with E-state index in [9.17, 15) is 9.59 Å². The molecular formula is C21H31N5O3. The highest BCUT2D eigenvalue weighted by Crippen LogP contribution is 2.25. The average Bonchev–Trinajstić information content (AvgIpc) is 3.30. The largest absolute Gasteiger partial charge is 0.368 e. The molecule has 1 aromatic heterocycles.